The van der Waals surface area contributed by atoms with Crippen molar-refractivity contribution in [3.05, 3.63) is 85.0 Å². The highest BCUT2D eigenvalue weighted by Crippen LogP contribution is 2.29. The van der Waals surface area contributed by atoms with Gasteiger partial charge in [-0.25, -0.2) is 14.6 Å². The topological polar surface area (TPSA) is 138 Å². The van der Waals surface area contributed by atoms with Gasteiger partial charge in [0.1, 0.15) is 25.4 Å². The van der Waals surface area contributed by atoms with Crippen molar-refractivity contribution in [3.8, 4) is 6.07 Å². The van der Waals surface area contributed by atoms with Crippen molar-refractivity contribution in [2.45, 2.75) is 45.4 Å². The Kier molecular flexibility index (Phi) is 13.4. The smallest absolute Gasteiger partial charge is 0.407 e. The Morgan fingerprint density at radius 2 is 1.96 bits per heavy atom. The summed E-state index contributed by atoms with van der Waals surface area (Å²) in [5.41, 5.74) is 1.87. The van der Waals surface area contributed by atoms with Crippen LogP contribution in [-0.2, 0) is 20.9 Å². The first-order valence-corrected chi connectivity index (χ1v) is 15.0. The molecule has 0 aliphatic carbocycles. The van der Waals surface area contributed by atoms with Gasteiger partial charge in [-0.1, -0.05) is 80.8 Å². The van der Waals surface area contributed by atoms with Crippen LogP contribution in [0.4, 0.5) is 9.59 Å². The van der Waals surface area contributed by atoms with E-state index in [1.807, 2.05) is 62.4 Å². The Labute approximate surface area is 265 Å². The SMILES string of the molecule is C=C/C=C(\C=C/C)C(C)CN1CC2N(C(=O)CN(CC#N)N2C(=O)NCc2ccccc2)[C@@H](CCCNC(=O)OCC=C)C1=O. The molecule has 2 aliphatic heterocycles. The number of allylic oxidation sites excluding steroid dienone is 4. The lowest BCUT2D eigenvalue weighted by Crippen LogP contribution is -2.76. The monoisotopic (exact) mass is 617 g/mol. The van der Waals surface area contributed by atoms with Crippen molar-refractivity contribution in [2.24, 2.45) is 5.92 Å². The zero-order valence-electron chi connectivity index (χ0n) is 26.1. The molecule has 45 heavy (non-hydrogen) atoms. The van der Waals surface area contributed by atoms with Crippen molar-refractivity contribution in [1.29, 1.82) is 5.26 Å². The Bertz CT molecular complexity index is 1320. The number of amides is 5. The van der Waals surface area contributed by atoms with Gasteiger partial charge in [-0.05, 0) is 36.8 Å². The fourth-order valence-electron chi connectivity index (χ4n) is 5.53. The quantitative estimate of drug-likeness (QED) is 0.141. The molecule has 2 saturated heterocycles. The van der Waals surface area contributed by atoms with E-state index in [2.05, 4.69) is 29.9 Å². The summed E-state index contributed by atoms with van der Waals surface area (Å²) in [6.07, 6.45) is 8.10. The van der Waals surface area contributed by atoms with E-state index in [0.717, 1.165) is 11.1 Å². The number of nitrogens with zero attached hydrogens (tertiary/aromatic N) is 5. The Morgan fingerprint density at radius 3 is 2.62 bits per heavy atom. The second-order valence-electron chi connectivity index (χ2n) is 10.8. The van der Waals surface area contributed by atoms with Gasteiger partial charge in [0, 0.05) is 19.6 Å². The van der Waals surface area contributed by atoms with Crippen molar-refractivity contribution in [3.63, 3.8) is 0 Å². The number of carbonyl (C=O) groups is 4. The minimum Gasteiger partial charge on any atom is -0.445 e. The number of ether oxygens (including phenoxy) is 1. The third kappa shape index (κ3) is 9.30. The van der Waals surface area contributed by atoms with Crippen LogP contribution in [0.3, 0.4) is 0 Å². The highest BCUT2D eigenvalue weighted by atomic mass is 16.5. The summed E-state index contributed by atoms with van der Waals surface area (Å²) >= 11 is 0. The summed E-state index contributed by atoms with van der Waals surface area (Å²) < 4.78 is 4.95. The van der Waals surface area contributed by atoms with Gasteiger partial charge in [0.05, 0.1) is 19.2 Å². The van der Waals surface area contributed by atoms with E-state index in [9.17, 15) is 24.4 Å². The van der Waals surface area contributed by atoms with Crippen molar-refractivity contribution >= 4 is 23.9 Å². The first-order valence-electron chi connectivity index (χ1n) is 15.0. The van der Waals surface area contributed by atoms with Crippen LogP contribution in [0.2, 0.25) is 0 Å². The molecule has 0 aromatic heterocycles. The molecule has 240 valence electrons. The van der Waals surface area contributed by atoms with Crippen LogP contribution in [-0.4, -0.2) is 95.3 Å². The van der Waals surface area contributed by atoms with E-state index in [1.54, 1.807) is 11.0 Å². The molecule has 12 heteroatoms. The fraction of sp³-hybridized carbons (Fsp3) is 0.424. The van der Waals surface area contributed by atoms with E-state index >= 15 is 0 Å². The van der Waals surface area contributed by atoms with Gasteiger partial charge in [0.15, 0.2) is 0 Å². The molecule has 0 radical (unpaired) electrons. The number of benzene rings is 1. The van der Waals surface area contributed by atoms with Crippen LogP contribution in [0.15, 0.2) is 79.4 Å². The number of piperazine rings is 1. The molecule has 12 nitrogen and oxygen atoms in total. The number of nitriles is 1. The highest BCUT2D eigenvalue weighted by molar-refractivity contribution is 5.91. The van der Waals surface area contributed by atoms with Crippen molar-refractivity contribution < 1.29 is 23.9 Å². The number of urea groups is 1. The molecule has 3 rings (SSSR count). The minimum atomic E-state index is -0.878. The molecule has 0 saturated carbocycles. The van der Waals surface area contributed by atoms with Gasteiger partial charge in [-0.2, -0.15) is 10.3 Å². The Morgan fingerprint density at radius 1 is 1.20 bits per heavy atom. The normalized spacial score (nSPS) is 19.5. The minimum absolute atomic E-state index is 0.0649. The predicted octanol–water partition coefficient (Wildman–Crippen LogP) is 3.33. The second-order valence-corrected chi connectivity index (χ2v) is 10.8. The molecule has 1 aromatic carbocycles. The standard InChI is InChI=1S/C33H43N7O5/c1-5-12-27(13-6-2)25(4)22-37-23-29-39(28(31(37)42)16-11-18-35-33(44)45-20-7-3)30(41)24-38(19-17-34)40(29)32(43)36-21-26-14-9-8-10-15-26/h5-10,12-15,25,28-29H,1,3,11,16,18-24H2,2,4H3,(H,35,44)(H,36,43)/b13-6-,27-12+/t25?,28-,29?/m0/s1. The summed E-state index contributed by atoms with van der Waals surface area (Å²) in [5.74, 6) is -0.670. The first-order chi connectivity index (χ1) is 21.7. The molecule has 1 aromatic rings. The van der Waals surface area contributed by atoms with E-state index in [1.165, 1.54) is 21.0 Å². The van der Waals surface area contributed by atoms with Crippen molar-refractivity contribution in [2.75, 3.05) is 39.3 Å². The van der Waals surface area contributed by atoms with Gasteiger partial charge in [0.2, 0.25) is 11.8 Å². The molecule has 5 amide bonds. The third-order valence-corrected chi connectivity index (χ3v) is 7.57. The van der Waals surface area contributed by atoms with E-state index in [-0.39, 0.29) is 63.5 Å². The van der Waals surface area contributed by atoms with Crippen LogP contribution in [0.5, 0.6) is 0 Å². The van der Waals surface area contributed by atoms with E-state index in [0.29, 0.717) is 13.0 Å². The number of nitrogens with one attached hydrogen (secondary N) is 2. The molecule has 0 bridgehead atoms. The lowest BCUT2D eigenvalue weighted by Gasteiger charge is -2.55. The number of hydrogen-bond acceptors (Lipinski definition) is 7. The van der Waals surface area contributed by atoms with Gasteiger partial charge < -0.3 is 25.2 Å². The number of hydrazine groups is 1. The zero-order valence-corrected chi connectivity index (χ0v) is 26.1. The molecule has 2 heterocycles. The molecular weight excluding hydrogens is 574 g/mol. The van der Waals surface area contributed by atoms with Crippen LogP contribution >= 0.6 is 0 Å². The largest absolute Gasteiger partial charge is 0.445 e. The number of alkyl carbamates (subject to hydrolysis) is 1. The molecule has 2 fully saturated rings. The molecule has 2 unspecified atom stereocenters. The predicted molar refractivity (Wildman–Crippen MR) is 170 cm³/mol. The van der Waals surface area contributed by atoms with E-state index < -0.39 is 24.3 Å². The zero-order chi connectivity index (χ0) is 32.8. The average molecular weight is 618 g/mol. The molecule has 2 aliphatic rings. The van der Waals surface area contributed by atoms with Crippen LogP contribution in [0, 0.1) is 17.2 Å². The van der Waals surface area contributed by atoms with E-state index in [4.69, 9.17) is 4.74 Å². The summed E-state index contributed by atoms with van der Waals surface area (Å²) in [4.78, 5) is 56.4. The number of carbonyl (C=O) groups excluding carboxylic acids is 4. The second kappa shape index (κ2) is 17.4. The Balaban J connectivity index is 1.91. The summed E-state index contributed by atoms with van der Waals surface area (Å²) in [7, 11) is 0. The van der Waals surface area contributed by atoms with Crippen LogP contribution < -0.4 is 10.6 Å². The molecule has 2 N–H and O–H groups in total. The highest BCUT2D eigenvalue weighted by Gasteiger charge is 2.51. The average Bonchev–Trinajstić information content (AvgIpc) is 3.03. The lowest BCUT2D eigenvalue weighted by molar-refractivity contribution is -0.189. The van der Waals surface area contributed by atoms with Crippen LogP contribution in [0.1, 0.15) is 32.3 Å². The number of fused-ring (bicyclic) bond motifs is 1. The molecule has 3 atom stereocenters. The Hall–Kier alpha value is -4.89. The maximum absolute atomic E-state index is 14.0. The number of rotatable bonds is 14. The maximum atomic E-state index is 14.0. The summed E-state index contributed by atoms with van der Waals surface area (Å²) in [6.45, 7) is 11.7. The molecule has 0 spiro atoms. The van der Waals surface area contributed by atoms with Crippen LogP contribution in [0.25, 0.3) is 0 Å². The lowest BCUT2D eigenvalue weighted by atomic mass is 9.96. The summed E-state index contributed by atoms with van der Waals surface area (Å²) in [5, 5.41) is 18.0. The van der Waals surface area contributed by atoms with Gasteiger partial charge in [0.25, 0.3) is 0 Å². The maximum Gasteiger partial charge on any atom is 0.407 e. The third-order valence-electron chi connectivity index (χ3n) is 7.57. The van der Waals surface area contributed by atoms with Gasteiger partial charge in [-0.15, -0.1) is 0 Å². The first kappa shape index (κ1) is 34.6. The van der Waals surface area contributed by atoms with Gasteiger partial charge in [-0.3, -0.25) is 9.59 Å². The number of hydrogen-bond donors (Lipinski definition) is 2. The molecular formula is C33H43N7O5. The fourth-order valence-corrected chi connectivity index (χ4v) is 5.53. The van der Waals surface area contributed by atoms with Gasteiger partial charge >= 0.3 is 12.1 Å². The van der Waals surface area contributed by atoms with Crippen molar-refractivity contribution in [1.82, 2.24) is 30.5 Å². The summed E-state index contributed by atoms with van der Waals surface area (Å²) in [6, 6.07) is 10.1.